The van der Waals surface area contributed by atoms with Gasteiger partial charge in [-0.3, -0.25) is 4.79 Å². The molecule has 3 aromatic rings. The summed E-state index contributed by atoms with van der Waals surface area (Å²) in [6.45, 7) is -0.367. The maximum absolute atomic E-state index is 12.1. The Labute approximate surface area is 131 Å². The third-order valence-electron chi connectivity index (χ3n) is 3.31. The third kappa shape index (κ3) is 3.06. The van der Waals surface area contributed by atoms with Crippen LogP contribution in [0.3, 0.4) is 0 Å². The van der Waals surface area contributed by atoms with Gasteiger partial charge in [-0.2, -0.15) is 0 Å². The van der Waals surface area contributed by atoms with E-state index in [0.717, 1.165) is 0 Å². The lowest BCUT2D eigenvalue weighted by molar-refractivity contribution is 0.0474. The summed E-state index contributed by atoms with van der Waals surface area (Å²) in [6, 6.07) is 11.5. The Morgan fingerprint density at radius 3 is 2.83 bits per heavy atom. The van der Waals surface area contributed by atoms with Gasteiger partial charge in [-0.05, 0) is 30.3 Å². The van der Waals surface area contributed by atoms with E-state index in [9.17, 15) is 9.59 Å². The molecule has 0 unspecified atom stereocenters. The fourth-order valence-electron chi connectivity index (χ4n) is 2.15. The molecule has 0 bridgehead atoms. The van der Waals surface area contributed by atoms with E-state index in [1.807, 2.05) is 0 Å². The summed E-state index contributed by atoms with van der Waals surface area (Å²) >= 11 is 0. The number of ether oxygens (including phenoxy) is 2. The van der Waals surface area contributed by atoms with E-state index < -0.39 is 5.97 Å². The Balaban J connectivity index is 1.69. The number of Topliss-reactive ketones (excluding diaryl/α,β-unsaturated/α-hetero) is 1. The van der Waals surface area contributed by atoms with Crippen LogP contribution in [0.1, 0.15) is 20.7 Å². The van der Waals surface area contributed by atoms with Crippen LogP contribution >= 0.6 is 0 Å². The molecule has 0 atom stereocenters. The Morgan fingerprint density at radius 1 is 1.17 bits per heavy atom. The highest BCUT2D eigenvalue weighted by molar-refractivity contribution is 6.01. The van der Waals surface area contributed by atoms with Crippen molar-refractivity contribution in [2.45, 2.75) is 0 Å². The van der Waals surface area contributed by atoms with Gasteiger partial charge in [0.15, 0.2) is 18.6 Å². The predicted molar refractivity (Wildman–Crippen MR) is 81.6 cm³/mol. The van der Waals surface area contributed by atoms with E-state index >= 15 is 0 Å². The number of fused-ring (bicyclic) bond motifs is 1. The molecule has 6 nitrogen and oxygen atoms in total. The average Bonchev–Trinajstić information content (AvgIpc) is 3.06. The molecule has 0 aliphatic rings. The zero-order valence-electron chi connectivity index (χ0n) is 12.3. The van der Waals surface area contributed by atoms with E-state index in [-0.39, 0.29) is 12.4 Å². The van der Waals surface area contributed by atoms with Gasteiger partial charge in [0.25, 0.3) is 0 Å². The number of carbonyl (C=O) groups excluding carboxylic acids is 2. The second kappa shape index (κ2) is 6.31. The molecular formula is C17H13NO5. The van der Waals surface area contributed by atoms with Crippen molar-refractivity contribution < 1.29 is 23.5 Å². The van der Waals surface area contributed by atoms with Gasteiger partial charge in [0, 0.05) is 0 Å². The maximum Gasteiger partial charge on any atom is 0.338 e. The number of aromatic nitrogens is 1. The van der Waals surface area contributed by atoms with E-state index in [4.69, 9.17) is 13.9 Å². The molecule has 0 saturated carbocycles. The van der Waals surface area contributed by atoms with Gasteiger partial charge in [-0.1, -0.05) is 12.1 Å². The van der Waals surface area contributed by atoms with Crippen molar-refractivity contribution in [2.75, 3.05) is 13.7 Å². The minimum atomic E-state index is -0.605. The van der Waals surface area contributed by atoms with Crippen LogP contribution in [0.15, 0.2) is 53.3 Å². The number of benzene rings is 2. The quantitative estimate of drug-likeness (QED) is 0.532. The van der Waals surface area contributed by atoms with Gasteiger partial charge in [0.05, 0.1) is 18.2 Å². The van der Waals surface area contributed by atoms with Crippen LogP contribution in [-0.2, 0) is 4.74 Å². The normalized spacial score (nSPS) is 10.5. The molecule has 0 spiro atoms. The van der Waals surface area contributed by atoms with Crippen molar-refractivity contribution in [1.29, 1.82) is 0 Å². The van der Waals surface area contributed by atoms with Crippen molar-refractivity contribution >= 4 is 22.9 Å². The number of esters is 1. The zero-order chi connectivity index (χ0) is 16.2. The smallest absolute Gasteiger partial charge is 0.338 e. The number of para-hydroxylation sites is 1. The monoisotopic (exact) mass is 311 g/mol. The van der Waals surface area contributed by atoms with Crippen LogP contribution in [0.25, 0.3) is 11.1 Å². The summed E-state index contributed by atoms with van der Waals surface area (Å²) in [5, 5.41) is 0. The highest BCUT2D eigenvalue weighted by Crippen LogP contribution is 2.18. The first-order chi connectivity index (χ1) is 11.2. The number of rotatable bonds is 5. The van der Waals surface area contributed by atoms with Gasteiger partial charge in [-0.15, -0.1) is 0 Å². The summed E-state index contributed by atoms with van der Waals surface area (Å²) in [5.74, 6) is -0.500. The fourth-order valence-corrected chi connectivity index (χ4v) is 2.15. The molecule has 0 saturated heterocycles. The number of hydrogen-bond acceptors (Lipinski definition) is 6. The molecule has 0 amide bonds. The van der Waals surface area contributed by atoms with Gasteiger partial charge >= 0.3 is 5.97 Å². The molecular weight excluding hydrogens is 298 g/mol. The Morgan fingerprint density at radius 2 is 2.00 bits per heavy atom. The first-order valence-electron chi connectivity index (χ1n) is 6.85. The number of carbonyl (C=O) groups is 2. The topological polar surface area (TPSA) is 78.6 Å². The van der Waals surface area contributed by atoms with Crippen molar-refractivity contribution in [1.82, 2.24) is 4.98 Å². The molecule has 0 radical (unpaired) electrons. The lowest BCUT2D eigenvalue weighted by atomic mass is 10.1. The van der Waals surface area contributed by atoms with Crippen molar-refractivity contribution in [3.05, 3.63) is 60.0 Å². The summed E-state index contributed by atoms with van der Waals surface area (Å²) < 4.78 is 15.3. The number of ketones is 1. The van der Waals surface area contributed by atoms with E-state index in [1.54, 1.807) is 36.4 Å². The van der Waals surface area contributed by atoms with Crippen LogP contribution < -0.4 is 4.74 Å². The van der Waals surface area contributed by atoms with Crippen molar-refractivity contribution in [2.24, 2.45) is 0 Å². The average molecular weight is 311 g/mol. The van der Waals surface area contributed by atoms with Crippen LogP contribution in [0.4, 0.5) is 0 Å². The second-order valence-corrected chi connectivity index (χ2v) is 4.73. The van der Waals surface area contributed by atoms with Crippen LogP contribution in [0, 0.1) is 0 Å². The lowest BCUT2D eigenvalue weighted by Gasteiger charge is -2.08. The third-order valence-corrected chi connectivity index (χ3v) is 3.31. The first-order valence-corrected chi connectivity index (χ1v) is 6.85. The van der Waals surface area contributed by atoms with Gasteiger partial charge in [-0.25, -0.2) is 9.78 Å². The predicted octanol–water partition coefficient (Wildman–Crippen LogP) is 2.88. The van der Waals surface area contributed by atoms with Gasteiger partial charge < -0.3 is 13.9 Å². The molecule has 0 N–H and O–H groups in total. The minimum absolute atomic E-state index is 0.294. The van der Waals surface area contributed by atoms with Crippen LogP contribution in [-0.4, -0.2) is 30.5 Å². The van der Waals surface area contributed by atoms with Gasteiger partial charge in [0.1, 0.15) is 11.3 Å². The standard InChI is InChI=1S/C17H13NO5/c1-21-15-5-3-2-4-12(15)14(19)9-22-17(20)11-6-7-13-16(8-11)23-10-18-13/h2-8,10H,9H2,1H3. The fraction of sp³-hybridized carbons (Fsp3) is 0.118. The maximum atomic E-state index is 12.1. The summed E-state index contributed by atoms with van der Waals surface area (Å²) in [6.07, 6.45) is 1.30. The van der Waals surface area contributed by atoms with E-state index in [1.165, 1.54) is 19.6 Å². The highest BCUT2D eigenvalue weighted by atomic mass is 16.5. The van der Waals surface area contributed by atoms with Crippen LogP contribution in [0.5, 0.6) is 5.75 Å². The first kappa shape index (κ1) is 14.8. The number of hydrogen-bond donors (Lipinski definition) is 0. The number of methoxy groups -OCH3 is 1. The van der Waals surface area contributed by atoms with Crippen molar-refractivity contribution in [3.8, 4) is 5.75 Å². The van der Waals surface area contributed by atoms with Crippen LogP contribution in [0.2, 0.25) is 0 Å². The summed E-state index contributed by atoms with van der Waals surface area (Å²) in [4.78, 5) is 28.1. The summed E-state index contributed by atoms with van der Waals surface area (Å²) in [7, 11) is 1.48. The summed E-state index contributed by atoms with van der Waals surface area (Å²) in [5.41, 5.74) is 1.79. The van der Waals surface area contributed by atoms with Crippen molar-refractivity contribution in [3.63, 3.8) is 0 Å². The SMILES string of the molecule is COc1ccccc1C(=O)COC(=O)c1ccc2ncoc2c1. The Bertz CT molecular complexity index is 868. The van der Waals surface area contributed by atoms with E-state index in [0.29, 0.717) is 28.0 Å². The number of nitrogens with zero attached hydrogens (tertiary/aromatic N) is 1. The second-order valence-electron chi connectivity index (χ2n) is 4.73. The molecule has 6 heteroatoms. The molecule has 23 heavy (non-hydrogen) atoms. The Hall–Kier alpha value is -3.15. The highest BCUT2D eigenvalue weighted by Gasteiger charge is 2.15. The van der Waals surface area contributed by atoms with Gasteiger partial charge in [0.2, 0.25) is 5.78 Å². The lowest BCUT2D eigenvalue weighted by Crippen LogP contribution is -2.15. The molecule has 1 heterocycles. The van der Waals surface area contributed by atoms with E-state index in [2.05, 4.69) is 4.98 Å². The molecule has 0 fully saturated rings. The number of oxazole rings is 1. The molecule has 1 aromatic heterocycles. The minimum Gasteiger partial charge on any atom is -0.496 e. The molecule has 116 valence electrons. The molecule has 0 aliphatic heterocycles. The molecule has 3 rings (SSSR count). The Kier molecular flexibility index (Phi) is 4.05. The largest absolute Gasteiger partial charge is 0.496 e. The molecule has 2 aromatic carbocycles. The molecule has 0 aliphatic carbocycles. The zero-order valence-corrected chi connectivity index (χ0v) is 12.3.